The summed E-state index contributed by atoms with van der Waals surface area (Å²) in [6.45, 7) is 12.1. The normalized spacial score (nSPS) is 18.0. The van der Waals surface area contributed by atoms with Crippen LogP contribution in [0.4, 0.5) is 5.69 Å². The van der Waals surface area contributed by atoms with Crippen LogP contribution in [0.1, 0.15) is 49.2 Å². The predicted molar refractivity (Wildman–Crippen MR) is 106 cm³/mol. The van der Waals surface area contributed by atoms with Crippen LogP contribution in [0, 0.1) is 13.8 Å². The molecule has 0 atom stereocenters. The molecule has 0 unspecified atom stereocenters. The monoisotopic (exact) mass is 351 g/mol. The number of aryl methyl sites for hydroxylation is 2. The maximum atomic E-state index is 12.9. The lowest BCUT2D eigenvalue weighted by Crippen LogP contribution is -2.41. The summed E-state index contributed by atoms with van der Waals surface area (Å²) in [5, 5.41) is 2.98. The number of benzene rings is 2. The molecule has 0 aliphatic carbocycles. The Morgan fingerprint density at radius 2 is 1.54 bits per heavy atom. The molecule has 5 heteroatoms. The minimum Gasteiger partial charge on any atom is -0.399 e. The second-order valence-electron chi connectivity index (χ2n) is 7.93. The van der Waals surface area contributed by atoms with Crippen molar-refractivity contribution in [2.24, 2.45) is 0 Å². The molecule has 1 N–H and O–H groups in total. The number of anilines is 1. The molecule has 136 valence electrons. The highest BCUT2D eigenvalue weighted by Gasteiger charge is 2.52. The van der Waals surface area contributed by atoms with E-state index < -0.39 is 18.3 Å². The highest BCUT2D eigenvalue weighted by atomic mass is 16.7. The molecule has 1 aliphatic heterocycles. The molecule has 0 aromatic heterocycles. The summed E-state index contributed by atoms with van der Waals surface area (Å²) in [5.41, 5.74) is 3.52. The lowest BCUT2D eigenvalue weighted by Gasteiger charge is -2.32. The third kappa shape index (κ3) is 3.42. The topological polar surface area (TPSA) is 47.6 Å². The van der Waals surface area contributed by atoms with Crippen LogP contribution in [0.2, 0.25) is 0 Å². The fraction of sp³-hybridized carbons (Fsp3) is 0.381. The number of rotatable bonds is 3. The van der Waals surface area contributed by atoms with E-state index in [-0.39, 0.29) is 5.91 Å². The number of hydrogen-bond donors (Lipinski definition) is 1. The first-order chi connectivity index (χ1) is 12.1. The van der Waals surface area contributed by atoms with E-state index in [4.69, 9.17) is 9.31 Å². The summed E-state index contributed by atoms with van der Waals surface area (Å²) < 4.78 is 12.2. The highest BCUT2D eigenvalue weighted by molar-refractivity contribution is 6.63. The molecule has 1 amide bonds. The molecule has 1 aliphatic rings. The van der Waals surface area contributed by atoms with Crippen molar-refractivity contribution in [3.8, 4) is 0 Å². The highest BCUT2D eigenvalue weighted by Crippen LogP contribution is 2.36. The second-order valence-corrected chi connectivity index (χ2v) is 7.93. The van der Waals surface area contributed by atoms with Gasteiger partial charge in [-0.05, 0) is 76.3 Å². The van der Waals surface area contributed by atoms with Crippen LogP contribution in [0.25, 0.3) is 0 Å². The zero-order valence-corrected chi connectivity index (χ0v) is 16.3. The van der Waals surface area contributed by atoms with Crippen LogP contribution in [-0.4, -0.2) is 24.2 Å². The number of amides is 1. The smallest absolute Gasteiger partial charge is 0.399 e. The van der Waals surface area contributed by atoms with Gasteiger partial charge in [-0.2, -0.15) is 0 Å². The van der Waals surface area contributed by atoms with Crippen LogP contribution in [-0.2, 0) is 9.31 Å². The van der Waals surface area contributed by atoms with Crippen molar-refractivity contribution < 1.29 is 14.1 Å². The van der Waals surface area contributed by atoms with Crippen LogP contribution in [0.3, 0.4) is 0 Å². The summed E-state index contributed by atoms with van der Waals surface area (Å²) >= 11 is 0. The Labute approximate surface area is 156 Å². The number of carbonyl (C=O) groups excluding carboxylic acids is 1. The van der Waals surface area contributed by atoms with Gasteiger partial charge in [0.05, 0.1) is 11.2 Å². The minimum atomic E-state index is -0.568. The lowest BCUT2D eigenvalue weighted by molar-refractivity contribution is 0.00578. The van der Waals surface area contributed by atoms with E-state index in [0.29, 0.717) is 5.56 Å². The second kappa shape index (κ2) is 6.56. The summed E-state index contributed by atoms with van der Waals surface area (Å²) in [5.74, 6) is -0.168. The van der Waals surface area contributed by atoms with E-state index in [1.54, 1.807) is 6.07 Å². The van der Waals surface area contributed by atoms with Gasteiger partial charge in [0, 0.05) is 11.3 Å². The fourth-order valence-electron chi connectivity index (χ4n) is 2.90. The molecule has 1 saturated heterocycles. The average molecular weight is 351 g/mol. The quantitative estimate of drug-likeness (QED) is 0.855. The Hall–Kier alpha value is -2.11. The first-order valence-corrected chi connectivity index (χ1v) is 8.94. The van der Waals surface area contributed by atoms with Gasteiger partial charge in [0.25, 0.3) is 5.91 Å². The molecule has 3 rings (SSSR count). The fourth-order valence-corrected chi connectivity index (χ4v) is 2.90. The molecule has 26 heavy (non-hydrogen) atoms. The zero-order valence-electron chi connectivity index (χ0n) is 16.3. The van der Waals surface area contributed by atoms with Crippen LogP contribution in [0.15, 0.2) is 42.5 Å². The summed E-state index contributed by atoms with van der Waals surface area (Å²) in [6.07, 6.45) is 0. The van der Waals surface area contributed by atoms with Crippen LogP contribution >= 0.6 is 0 Å². The first-order valence-electron chi connectivity index (χ1n) is 8.94. The van der Waals surface area contributed by atoms with Crippen molar-refractivity contribution in [1.29, 1.82) is 0 Å². The molecule has 4 nitrogen and oxygen atoms in total. The van der Waals surface area contributed by atoms with Gasteiger partial charge >= 0.3 is 7.12 Å². The van der Waals surface area contributed by atoms with Gasteiger partial charge in [-0.15, -0.1) is 0 Å². The summed E-state index contributed by atoms with van der Waals surface area (Å²) in [7, 11) is -0.568. The predicted octanol–water partition coefficient (Wildman–Crippen LogP) is 3.85. The summed E-state index contributed by atoms with van der Waals surface area (Å²) in [4.78, 5) is 12.9. The molecule has 2 aromatic rings. The van der Waals surface area contributed by atoms with Gasteiger partial charge in [0.15, 0.2) is 0 Å². The SMILES string of the molecule is Cc1ccc(NC(=O)c2ccccc2B2OC(C)(C)C(C)(C)O2)cc1C. The van der Waals surface area contributed by atoms with Gasteiger partial charge in [0.1, 0.15) is 0 Å². The molecule has 2 aromatic carbocycles. The Morgan fingerprint density at radius 3 is 2.15 bits per heavy atom. The van der Waals surface area contributed by atoms with E-state index in [0.717, 1.165) is 16.7 Å². The Kier molecular flexibility index (Phi) is 4.71. The van der Waals surface area contributed by atoms with Gasteiger partial charge in [-0.3, -0.25) is 4.79 Å². The standard InChI is InChI=1S/C21H26BNO3/c1-14-11-12-16(13-15(14)2)23-19(24)17-9-7-8-10-18(17)22-25-20(3,4)21(5,6)26-22/h7-13H,1-6H3,(H,23,24). The molecule has 1 fully saturated rings. The molecule has 0 bridgehead atoms. The van der Waals surface area contributed by atoms with E-state index in [9.17, 15) is 4.79 Å². The molecule has 1 heterocycles. The first kappa shape index (κ1) is 18.7. The number of carbonyl (C=O) groups is 1. The molecule has 0 spiro atoms. The van der Waals surface area contributed by atoms with Crippen molar-refractivity contribution in [3.63, 3.8) is 0 Å². The Balaban J connectivity index is 1.88. The third-order valence-corrected chi connectivity index (χ3v) is 5.48. The lowest BCUT2D eigenvalue weighted by atomic mass is 9.75. The van der Waals surface area contributed by atoms with Crippen molar-refractivity contribution >= 4 is 24.2 Å². The largest absolute Gasteiger partial charge is 0.495 e. The van der Waals surface area contributed by atoms with Gasteiger partial charge in [-0.1, -0.05) is 24.3 Å². The van der Waals surface area contributed by atoms with E-state index in [1.165, 1.54) is 5.56 Å². The van der Waals surface area contributed by atoms with Crippen molar-refractivity contribution in [3.05, 3.63) is 59.2 Å². The van der Waals surface area contributed by atoms with Crippen LogP contribution in [0.5, 0.6) is 0 Å². The maximum Gasteiger partial charge on any atom is 0.495 e. The van der Waals surface area contributed by atoms with Crippen molar-refractivity contribution in [2.75, 3.05) is 5.32 Å². The van der Waals surface area contributed by atoms with Crippen molar-refractivity contribution in [2.45, 2.75) is 52.7 Å². The number of hydrogen-bond acceptors (Lipinski definition) is 3. The molecular formula is C21H26BNO3. The van der Waals surface area contributed by atoms with Crippen molar-refractivity contribution in [1.82, 2.24) is 0 Å². The maximum absolute atomic E-state index is 12.9. The Morgan fingerprint density at radius 1 is 0.923 bits per heavy atom. The van der Waals surface area contributed by atoms with E-state index in [1.807, 2.05) is 71.0 Å². The number of nitrogens with one attached hydrogen (secondary N) is 1. The van der Waals surface area contributed by atoms with Gasteiger partial charge in [0.2, 0.25) is 0 Å². The van der Waals surface area contributed by atoms with E-state index in [2.05, 4.69) is 12.2 Å². The summed E-state index contributed by atoms with van der Waals surface area (Å²) in [6, 6.07) is 13.3. The van der Waals surface area contributed by atoms with Gasteiger partial charge < -0.3 is 14.6 Å². The van der Waals surface area contributed by atoms with Gasteiger partial charge in [-0.25, -0.2) is 0 Å². The van der Waals surface area contributed by atoms with E-state index >= 15 is 0 Å². The molecular weight excluding hydrogens is 325 g/mol. The molecule has 0 radical (unpaired) electrons. The minimum absolute atomic E-state index is 0.168. The average Bonchev–Trinajstić information content (AvgIpc) is 2.79. The third-order valence-electron chi connectivity index (χ3n) is 5.48. The zero-order chi connectivity index (χ0) is 19.1. The Bertz CT molecular complexity index is 829. The molecule has 0 saturated carbocycles. The van der Waals surface area contributed by atoms with Crippen LogP contribution < -0.4 is 10.8 Å².